The average Bonchev–Trinajstić information content (AvgIpc) is 2.94. The lowest BCUT2D eigenvalue weighted by molar-refractivity contribution is 0.102. The van der Waals surface area contributed by atoms with Crippen LogP contribution in [0.1, 0.15) is 41.8 Å². The number of anilines is 2. The summed E-state index contributed by atoms with van der Waals surface area (Å²) >= 11 is 1.39. The number of nitrogens with one attached hydrogen (secondary N) is 2. The lowest BCUT2D eigenvalue weighted by atomic mass is 10.2. The van der Waals surface area contributed by atoms with Gasteiger partial charge in [-0.3, -0.25) is 10.1 Å². The zero-order valence-corrected chi connectivity index (χ0v) is 13.3. The van der Waals surface area contributed by atoms with E-state index in [1.54, 1.807) is 12.1 Å². The van der Waals surface area contributed by atoms with Crippen molar-refractivity contribution < 1.29 is 4.79 Å². The van der Waals surface area contributed by atoms with E-state index in [1.165, 1.54) is 11.3 Å². The number of aromatic nitrogens is 3. The second-order valence-corrected chi connectivity index (χ2v) is 5.49. The van der Waals surface area contributed by atoms with Crippen LogP contribution in [0.5, 0.6) is 0 Å². The highest BCUT2D eigenvalue weighted by atomic mass is 32.1. The summed E-state index contributed by atoms with van der Waals surface area (Å²) in [6, 6.07) is 3.55. The van der Waals surface area contributed by atoms with E-state index in [4.69, 9.17) is 0 Å². The molecule has 2 N–H and O–H groups in total. The standard InChI is InChI=1S/C14H19N5OS/c1-4-10-7-9(8-11(16-10)15-6-3)13(20)17-14-19-18-12(5-2)21-14/h7-8H,4-6H2,1-3H3,(H,15,16)(H,17,19,20). The van der Waals surface area contributed by atoms with Crippen molar-refractivity contribution in [3.63, 3.8) is 0 Å². The van der Waals surface area contributed by atoms with Gasteiger partial charge in [0.05, 0.1) is 0 Å². The van der Waals surface area contributed by atoms with Gasteiger partial charge in [-0.15, -0.1) is 10.2 Å². The quantitative estimate of drug-likeness (QED) is 0.858. The number of nitrogens with zero attached hydrogens (tertiary/aromatic N) is 3. The predicted molar refractivity (Wildman–Crippen MR) is 85.0 cm³/mol. The van der Waals surface area contributed by atoms with Gasteiger partial charge in [0.25, 0.3) is 5.91 Å². The molecule has 0 unspecified atom stereocenters. The third-order valence-electron chi connectivity index (χ3n) is 2.85. The molecule has 6 nitrogen and oxygen atoms in total. The lowest BCUT2D eigenvalue weighted by Crippen LogP contribution is -2.13. The average molecular weight is 305 g/mol. The Hall–Kier alpha value is -2.02. The number of aryl methyl sites for hydroxylation is 2. The van der Waals surface area contributed by atoms with Crippen LogP contribution in [0.3, 0.4) is 0 Å². The van der Waals surface area contributed by atoms with Crippen molar-refractivity contribution in [3.8, 4) is 0 Å². The molecule has 0 spiro atoms. The van der Waals surface area contributed by atoms with E-state index in [1.807, 2.05) is 20.8 Å². The van der Waals surface area contributed by atoms with E-state index in [0.29, 0.717) is 16.5 Å². The first-order valence-corrected chi connectivity index (χ1v) is 7.86. The molecule has 0 radical (unpaired) electrons. The Morgan fingerprint density at radius 3 is 2.62 bits per heavy atom. The molecule has 2 aromatic heterocycles. The number of amides is 1. The summed E-state index contributed by atoms with van der Waals surface area (Å²) in [5.41, 5.74) is 1.45. The zero-order valence-electron chi connectivity index (χ0n) is 12.4. The minimum absolute atomic E-state index is 0.190. The molecule has 7 heteroatoms. The van der Waals surface area contributed by atoms with Gasteiger partial charge in [-0.1, -0.05) is 25.2 Å². The summed E-state index contributed by atoms with van der Waals surface area (Å²) in [7, 11) is 0. The highest BCUT2D eigenvalue weighted by Gasteiger charge is 2.12. The van der Waals surface area contributed by atoms with E-state index >= 15 is 0 Å². The second-order valence-electron chi connectivity index (χ2n) is 4.42. The van der Waals surface area contributed by atoms with Gasteiger partial charge >= 0.3 is 0 Å². The molecule has 2 rings (SSSR count). The van der Waals surface area contributed by atoms with Gasteiger partial charge in [0.1, 0.15) is 10.8 Å². The van der Waals surface area contributed by atoms with Gasteiger partial charge in [-0.25, -0.2) is 4.98 Å². The van der Waals surface area contributed by atoms with Crippen molar-refractivity contribution in [2.45, 2.75) is 33.6 Å². The maximum absolute atomic E-state index is 12.3. The van der Waals surface area contributed by atoms with E-state index in [0.717, 1.165) is 30.1 Å². The lowest BCUT2D eigenvalue weighted by Gasteiger charge is -2.08. The highest BCUT2D eigenvalue weighted by Crippen LogP contribution is 2.18. The van der Waals surface area contributed by atoms with Crippen molar-refractivity contribution in [2.75, 3.05) is 17.2 Å². The Morgan fingerprint density at radius 2 is 2.00 bits per heavy atom. The molecule has 1 amide bonds. The van der Waals surface area contributed by atoms with Crippen LogP contribution < -0.4 is 10.6 Å². The fourth-order valence-corrected chi connectivity index (χ4v) is 2.46. The minimum Gasteiger partial charge on any atom is -0.370 e. The van der Waals surface area contributed by atoms with Crippen molar-refractivity contribution in [1.82, 2.24) is 15.2 Å². The monoisotopic (exact) mass is 305 g/mol. The molecule has 0 aliphatic rings. The van der Waals surface area contributed by atoms with Crippen molar-refractivity contribution in [2.24, 2.45) is 0 Å². The maximum Gasteiger partial charge on any atom is 0.257 e. The molecule has 0 bridgehead atoms. The number of carbonyl (C=O) groups excluding carboxylic acids is 1. The molecule has 2 aromatic rings. The number of carbonyl (C=O) groups is 1. The Morgan fingerprint density at radius 1 is 1.19 bits per heavy atom. The molecule has 0 aliphatic heterocycles. The molecule has 0 fully saturated rings. The normalized spacial score (nSPS) is 10.4. The first kappa shape index (κ1) is 15.4. The van der Waals surface area contributed by atoms with Crippen molar-refractivity contribution in [1.29, 1.82) is 0 Å². The van der Waals surface area contributed by atoms with Crippen LogP contribution in [0.25, 0.3) is 0 Å². The van der Waals surface area contributed by atoms with Gasteiger partial charge in [0.2, 0.25) is 5.13 Å². The molecule has 0 saturated heterocycles. The van der Waals surface area contributed by atoms with E-state index in [9.17, 15) is 4.79 Å². The van der Waals surface area contributed by atoms with Crippen LogP contribution in [0.4, 0.5) is 10.9 Å². The van der Waals surface area contributed by atoms with Gasteiger partial charge in [0, 0.05) is 17.8 Å². The number of pyridine rings is 1. The van der Waals surface area contributed by atoms with Crippen LogP contribution in [0, 0.1) is 0 Å². The molecule has 0 saturated carbocycles. The number of hydrogen-bond acceptors (Lipinski definition) is 6. The Kier molecular flexibility index (Phi) is 5.21. The summed E-state index contributed by atoms with van der Waals surface area (Å²) < 4.78 is 0. The molecule has 0 atom stereocenters. The van der Waals surface area contributed by atoms with E-state index in [-0.39, 0.29) is 5.91 Å². The van der Waals surface area contributed by atoms with Crippen LogP contribution in [-0.2, 0) is 12.8 Å². The molecule has 2 heterocycles. The Bertz CT molecular complexity index is 626. The first-order chi connectivity index (χ1) is 10.2. The fraction of sp³-hybridized carbons (Fsp3) is 0.429. The minimum atomic E-state index is -0.190. The maximum atomic E-state index is 12.3. The molecule has 112 valence electrons. The van der Waals surface area contributed by atoms with Crippen LogP contribution in [0.2, 0.25) is 0 Å². The van der Waals surface area contributed by atoms with Crippen LogP contribution in [-0.4, -0.2) is 27.6 Å². The molecule has 21 heavy (non-hydrogen) atoms. The third-order valence-corrected chi connectivity index (χ3v) is 3.83. The summed E-state index contributed by atoms with van der Waals surface area (Å²) in [5, 5.41) is 15.3. The van der Waals surface area contributed by atoms with E-state index in [2.05, 4.69) is 25.8 Å². The van der Waals surface area contributed by atoms with Gasteiger partial charge in [-0.05, 0) is 31.9 Å². The first-order valence-electron chi connectivity index (χ1n) is 7.04. The van der Waals surface area contributed by atoms with Crippen LogP contribution in [0.15, 0.2) is 12.1 Å². The van der Waals surface area contributed by atoms with Gasteiger partial charge < -0.3 is 5.32 Å². The summed E-state index contributed by atoms with van der Waals surface area (Å²) in [5.74, 6) is 0.526. The smallest absolute Gasteiger partial charge is 0.257 e. The topological polar surface area (TPSA) is 79.8 Å². The predicted octanol–water partition coefficient (Wildman–Crippen LogP) is 2.74. The van der Waals surface area contributed by atoms with Crippen molar-refractivity contribution in [3.05, 3.63) is 28.4 Å². The van der Waals surface area contributed by atoms with E-state index < -0.39 is 0 Å². The highest BCUT2D eigenvalue weighted by molar-refractivity contribution is 7.15. The Balaban J connectivity index is 2.19. The van der Waals surface area contributed by atoms with Gasteiger partial charge in [0.15, 0.2) is 0 Å². The third kappa shape index (κ3) is 3.98. The van der Waals surface area contributed by atoms with Gasteiger partial charge in [-0.2, -0.15) is 0 Å². The fourth-order valence-electron chi connectivity index (χ4n) is 1.79. The summed E-state index contributed by atoms with van der Waals surface area (Å²) in [6.45, 7) is 6.77. The largest absolute Gasteiger partial charge is 0.370 e. The molecule has 0 aliphatic carbocycles. The molecular weight excluding hydrogens is 286 g/mol. The molecular formula is C14H19N5OS. The molecule has 0 aromatic carbocycles. The summed E-state index contributed by atoms with van der Waals surface area (Å²) in [6.07, 6.45) is 1.59. The summed E-state index contributed by atoms with van der Waals surface area (Å²) in [4.78, 5) is 16.7. The number of rotatable bonds is 6. The zero-order chi connectivity index (χ0) is 15.2. The van der Waals surface area contributed by atoms with Crippen LogP contribution >= 0.6 is 11.3 Å². The second kappa shape index (κ2) is 7.12. The SMILES string of the molecule is CCNc1cc(C(=O)Nc2nnc(CC)s2)cc(CC)n1. The number of hydrogen-bond donors (Lipinski definition) is 2. The van der Waals surface area contributed by atoms with Crippen molar-refractivity contribution >= 4 is 28.2 Å². The Labute approximate surface area is 128 Å².